The molecule has 1 aromatic rings. The first kappa shape index (κ1) is 16.4. The zero-order chi connectivity index (χ0) is 15.0. The topological polar surface area (TPSA) is 78.4 Å². The molecule has 0 aliphatic carbocycles. The molecule has 0 amide bonds. The van der Waals surface area contributed by atoms with Crippen molar-refractivity contribution >= 4 is 5.69 Å². The molecule has 2 N–H and O–H groups in total. The Kier molecular flexibility index (Phi) is 7.01. The Morgan fingerprint density at radius 2 is 2.15 bits per heavy atom. The molecule has 0 saturated heterocycles. The highest BCUT2D eigenvalue weighted by atomic mass is 16.6. The van der Waals surface area contributed by atoms with Crippen molar-refractivity contribution in [1.82, 2.24) is 0 Å². The number of ether oxygens (including phenoxy) is 1. The van der Waals surface area contributed by atoms with E-state index in [0.717, 1.165) is 12.8 Å². The van der Waals surface area contributed by atoms with Gasteiger partial charge in [-0.1, -0.05) is 33.1 Å². The smallest absolute Gasteiger partial charge is 0.270 e. The van der Waals surface area contributed by atoms with Crippen molar-refractivity contribution in [1.29, 1.82) is 0 Å². The molecule has 1 rings (SSSR count). The molecule has 0 spiro atoms. The minimum absolute atomic E-state index is 0.0517. The van der Waals surface area contributed by atoms with Crippen molar-refractivity contribution in [3.05, 3.63) is 33.9 Å². The zero-order valence-corrected chi connectivity index (χ0v) is 12.3. The second kappa shape index (κ2) is 8.53. The summed E-state index contributed by atoms with van der Waals surface area (Å²) < 4.78 is 5.81. The maximum absolute atomic E-state index is 10.7. The van der Waals surface area contributed by atoms with Gasteiger partial charge in [-0.25, -0.2) is 0 Å². The summed E-state index contributed by atoms with van der Waals surface area (Å²) in [5, 5.41) is 10.7. The van der Waals surface area contributed by atoms with Crippen LogP contribution in [0.25, 0.3) is 0 Å². The third-order valence-corrected chi connectivity index (χ3v) is 3.49. The normalized spacial score (nSPS) is 12.2. The largest absolute Gasteiger partial charge is 0.493 e. The van der Waals surface area contributed by atoms with E-state index in [9.17, 15) is 10.1 Å². The Morgan fingerprint density at radius 3 is 2.70 bits per heavy atom. The minimum Gasteiger partial charge on any atom is -0.493 e. The Balaban J connectivity index is 2.69. The fourth-order valence-corrected chi connectivity index (χ4v) is 2.09. The lowest BCUT2D eigenvalue weighted by atomic mass is 10.0. The van der Waals surface area contributed by atoms with Crippen molar-refractivity contribution in [2.45, 2.75) is 46.1 Å². The molecule has 0 aliphatic heterocycles. The molecule has 1 aromatic carbocycles. The number of hydrogen-bond donors (Lipinski definition) is 1. The number of benzene rings is 1. The number of nitrogens with zero attached hydrogens (tertiary/aromatic N) is 1. The molecule has 5 heteroatoms. The summed E-state index contributed by atoms with van der Waals surface area (Å²) in [7, 11) is 0. The van der Waals surface area contributed by atoms with Crippen LogP contribution in [0.15, 0.2) is 18.2 Å². The molecule has 0 aliphatic rings. The van der Waals surface area contributed by atoms with Crippen molar-refractivity contribution in [3.63, 3.8) is 0 Å². The van der Waals surface area contributed by atoms with Crippen LogP contribution in [0.1, 0.15) is 45.1 Å². The lowest BCUT2D eigenvalue weighted by Gasteiger charge is -2.17. The summed E-state index contributed by atoms with van der Waals surface area (Å²) in [6, 6.07) is 4.59. The minimum atomic E-state index is -0.418. The van der Waals surface area contributed by atoms with Gasteiger partial charge in [-0.05, 0) is 18.4 Å². The highest BCUT2D eigenvalue weighted by Crippen LogP contribution is 2.25. The van der Waals surface area contributed by atoms with Gasteiger partial charge in [0.25, 0.3) is 5.69 Å². The number of unbranched alkanes of at least 4 members (excludes halogenated alkanes) is 1. The maximum atomic E-state index is 10.7. The van der Waals surface area contributed by atoms with E-state index in [1.807, 2.05) is 0 Å². The average Bonchev–Trinajstić information content (AvgIpc) is 2.47. The summed E-state index contributed by atoms with van der Waals surface area (Å²) in [6.45, 7) is 5.21. The van der Waals surface area contributed by atoms with E-state index in [2.05, 4.69) is 13.8 Å². The maximum Gasteiger partial charge on any atom is 0.270 e. The van der Waals surface area contributed by atoms with Gasteiger partial charge >= 0.3 is 0 Å². The predicted molar refractivity (Wildman–Crippen MR) is 79.8 cm³/mol. The third-order valence-electron chi connectivity index (χ3n) is 3.49. The van der Waals surface area contributed by atoms with Crippen molar-refractivity contribution < 1.29 is 9.66 Å². The monoisotopic (exact) mass is 280 g/mol. The van der Waals surface area contributed by atoms with Gasteiger partial charge in [-0.15, -0.1) is 0 Å². The number of nitrogens with two attached hydrogens (primary N) is 1. The van der Waals surface area contributed by atoms with Crippen molar-refractivity contribution in [3.8, 4) is 5.75 Å². The van der Waals surface area contributed by atoms with E-state index in [1.54, 1.807) is 6.07 Å². The summed E-state index contributed by atoms with van der Waals surface area (Å²) in [5.74, 6) is 1.18. The van der Waals surface area contributed by atoms with Gasteiger partial charge in [-0.3, -0.25) is 10.1 Å². The van der Waals surface area contributed by atoms with Crippen LogP contribution in [0.5, 0.6) is 5.75 Å². The number of rotatable bonds is 9. The van der Waals surface area contributed by atoms with Crippen LogP contribution in [0, 0.1) is 16.0 Å². The fraction of sp³-hybridized carbons (Fsp3) is 0.600. The predicted octanol–water partition coefficient (Wildman–Crippen LogP) is 3.65. The first-order chi connectivity index (χ1) is 9.62. The Labute approximate surface area is 120 Å². The molecule has 0 heterocycles. The lowest BCUT2D eigenvalue weighted by Crippen LogP contribution is -2.13. The molecule has 1 atom stereocenters. The molecule has 112 valence electrons. The number of nitro groups is 1. The molecular weight excluding hydrogens is 256 g/mol. The quantitative estimate of drug-likeness (QED) is 0.553. The third kappa shape index (κ3) is 4.81. The van der Waals surface area contributed by atoms with E-state index >= 15 is 0 Å². The number of hydrogen-bond acceptors (Lipinski definition) is 4. The van der Waals surface area contributed by atoms with Crippen LogP contribution in [0.3, 0.4) is 0 Å². The van der Waals surface area contributed by atoms with E-state index in [-0.39, 0.29) is 12.2 Å². The zero-order valence-electron chi connectivity index (χ0n) is 12.3. The molecule has 0 aromatic heterocycles. The van der Waals surface area contributed by atoms with Gasteiger partial charge < -0.3 is 10.5 Å². The molecule has 0 saturated carbocycles. The standard InChI is InChI=1S/C15H24N2O3/c1-3-5-6-12(4-2)11-20-15-8-7-14(17(18)19)9-13(15)10-16/h7-9,12H,3-6,10-11,16H2,1-2H3. The van der Waals surface area contributed by atoms with Crippen LogP contribution in [-0.2, 0) is 6.54 Å². The summed E-state index contributed by atoms with van der Waals surface area (Å²) >= 11 is 0. The SMILES string of the molecule is CCCCC(CC)COc1ccc([N+](=O)[O-])cc1CN. The summed E-state index contributed by atoms with van der Waals surface area (Å²) in [6.07, 6.45) is 4.61. The van der Waals surface area contributed by atoms with E-state index in [0.29, 0.717) is 23.8 Å². The molecule has 0 bridgehead atoms. The lowest BCUT2D eigenvalue weighted by molar-refractivity contribution is -0.384. The fourth-order valence-electron chi connectivity index (χ4n) is 2.09. The molecule has 5 nitrogen and oxygen atoms in total. The van der Waals surface area contributed by atoms with Gasteiger partial charge in [0, 0.05) is 24.2 Å². The van der Waals surface area contributed by atoms with Gasteiger partial charge in [0.1, 0.15) is 5.75 Å². The molecular formula is C15H24N2O3. The van der Waals surface area contributed by atoms with Gasteiger partial charge in [0.15, 0.2) is 0 Å². The molecule has 0 fully saturated rings. The molecule has 1 unspecified atom stereocenters. The first-order valence-electron chi connectivity index (χ1n) is 7.22. The van der Waals surface area contributed by atoms with E-state index in [1.165, 1.54) is 25.0 Å². The molecule has 20 heavy (non-hydrogen) atoms. The molecule has 0 radical (unpaired) electrons. The van der Waals surface area contributed by atoms with Crippen LogP contribution in [0.2, 0.25) is 0 Å². The van der Waals surface area contributed by atoms with Crippen LogP contribution in [-0.4, -0.2) is 11.5 Å². The average molecular weight is 280 g/mol. The van der Waals surface area contributed by atoms with Gasteiger partial charge in [-0.2, -0.15) is 0 Å². The Bertz CT molecular complexity index is 435. The van der Waals surface area contributed by atoms with Gasteiger partial charge in [0.2, 0.25) is 0 Å². The Hall–Kier alpha value is -1.62. The van der Waals surface area contributed by atoms with Crippen LogP contribution < -0.4 is 10.5 Å². The van der Waals surface area contributed by atoms with Gasteiger partial charge in [0.05, 0.1) is 11.5 Å². The Morgan fingerprint density at radius 1 is 1.40 bits per heavy atom. The second-order valence-corrected chi connectivity index (χ2v) is 4.98. The number of nitro benzene ring substituents is 1. The summed E-state index contributed by atoms with van der Waals surface area (Å²) in [5.41, 5.74) is 6.37. The highest BCUT2D eigenvalue weighted by molar-refractivity contribution is 5.43. The van der Waals surface area contributed by atoms with Crippen molar-refractivity contribution in [2.24, 2.45) is 11.7 Å². The first-order valence-corrected chi connectivity index (χ1v) is 7.22. The van der Waals surface area contributed by atoms with E-state index in [4.69, 9.17) is 10.5 Å². The van der Waals surface area contributed by atoms with E-state index < -0.39 is 4.92 Å². The second-order valence-electron chi connectivity index (χ2n) is 4.98. The van der Waals surface area contributed by atoms with Crippen molar-refractivity contribution in [2.75, 3.05) is 6.61 Å². The van der Waals surface area contributed by atoms with Crippen LogP contribution in [0.4, 0.5) is 5.69 Å². The highest BCUT2D eigenvalue weighted by Gasteiger charge is 2.12. The summed E-state index contributed by atoms with van der Waals surface area (Å²) in [4.78, 5) is 10.3. The van der Waals surface area contributed by atoms with Crippen LogP contribution >= 0.6 is 0 Å². The number of non-ortho nitro benzene ring substituents is 1.